The van der Waals surface area contributed by atoms with Crippen molar-refractivity contribution in [2.45, 2.75) is 38.6 Å². The molecule has 3 atom stereocenters. The van der Waals surface area contributed by atoms with Crippen LogP contribution in [0.15, 0.2) is 72.8 Å². The summed E-state index contributed by atoms with van der Waals surface area (Å²) in [4.78, 5) is 40.8. The summed E-state index contributed by atoms with van der Waals surface area (Å²) in [6.45, 7) is 3.80. The molecule has 0 unspecified atom stereocenters. The first-order chi connectivity index (χ1) is 18.8. The van der Waals surface area contributed by atoms with Crippen LogP contribution in [-0.2, 0) is 18.9 Å². The number of carbonyl (C=O) groups excluding carboxylic acids is 3. The first-order valence-electron chi connectivity index (χ1n) is 12.7. The summed E-state index contributed by atoms with van der Waals surface area (Å²) in [5.74, 6) is -1.37. The number of carbonyl (C=O) groups is 3. The topological polar surface area (TPSA) is 104 Å². The highest BCUT2D eigenvalue weighted by molar-refractivity contribution is 5.95. The predicted molar refractivity (Wildman–Crippen MR) is 144 cm³/mol. The number of hydrogen-bond acceptors (Lipinski definition) is 7. The summed E-state index contributed by atoms with van der Waals surface area (Å²) in [5, 5.41) is 0.818. The molecule has 5 rings (SSSR count). The van der Waals surface area contributed by atoms with E-state index in [1.54, 1.807) is 42.5 Å². The van der Waals surface area contributed by atoms with Gasteiger partial charge in [-0.3, -0.25) is 0 Å². The number of fused-ring (bicyclic) bond motifs is 1. The van der Waals surface area contributed by atoms with Gasteiger partial charge in [-0.15, -0.1) is 0 Å². The quantitative estimate of drug-likeness (QED) is 0.251. The maximum Gasteiger partial charge on any atom is 0.338 e. The van der Waals surface area contributed by atoms with Gasteiger partial charge in [-0.25, -0.2) is 14.4 Å². The van der Waals surface area contributed by atoms with E-state index in [1.807, 2.05) is 44.2 Å². The molecule has 1 aliphatic rings. The van der Waals surface area contributed by atoms with Gasteiger partial charge in [-0.2, -0.15) is 0 Å². The number of aromatic amines is 1. The Morgan fingerprint density at radius 3 is 2.08 bits per heavy atom. The van der Waals surface area contributed by atoms with Gasteiger partial charge < -0.3 is 23.9 Å². The van der Waals surface area contributed by atoms with Crippen LogP contribution in [-0.4, -0.2) is 48.8 Å². The zero-order valence-corrected chi connectivity index (χ0v) is 21.9. The lowest BCUT2D eigenvalue weighted by Gasteiger charge is -2.19. The van der Waals surface area contributed by atoms with Crippen molar-refractivity contribution in [2.75, 3.05) is 13.7 Å². The minimum Gasteiger partial charge on any atom is -0.465 e. The highest BCUT2D eigenvalue weighted by atomic mass is 16.6. The fraction of sp³-hybridized carbons (Fsp3) is 0.258. The highest BCUT2D eigenvalue weighted by Gasteiger charge is 2.40. The van der Waals surface area contributed by atoms with Crippen LogP contribution in [0.3, 0.4) is 0 Å². The van der Waals surface area contributed by atoms with E-state index >= 15 is 0 Å². The van der Waals surface area contributed by atoms with Gasteiger partial charge in [0.05, 0.1) is 23.8 Å². The summed E-state index contributed by atoms with van der Waals surface area (Å²) >= 11 is 0. The molecule has 1 saturated heterocycles. The lowest BCUT2D eigenvalue weighted by atomic mass is 10.1. The number of methoxy groups -OCH3 is 1. The van der Waals surface area contributed by atoms with Crippen LogP contribution in [0, 0.1) is 13.8 Å². The summed E-state index contributed by atoms with van der Waals surface area (Å²) in [6, 6.07) is 21.3. The van der Waals surface area contributed by atoms with Crippen molar-refractivity contribution in [3.8, 4) is 0 Å². The van der Waals surface area contributed by atoms with Gasteiger partial charge in [0.1, 0.15) is 24.9 Å². The van der Waals surface area contributed by atoms with Crippen LogP contribution < -0.4 is 0 Å². The molecule has 200 valence electrons. The van der Waals surface area contributed by atoms with E-state index in [1.165, 1.54) is 7.11 Å². The first-order valence-corrected chi connectivity index (χ1v) is 12.7. The van der Waals surface area contributed by atoms with Crippen LogP contribution in [0.2, 0.25) is 0 Å². The van der Waals surface area contributed by atoms with E-state index in [9.17, 15) is 14.4 Å². The molecule has 0 bridgehead atoms. The van der Waals surface area contributed by atoms with Gasteiger partial charge >= 0.3 is 17.9 Å². The van der Waals surface area contributed by atoms with Crippen LogP contribution in [0.1, 0.15) is 60.4 Å². The van der Waals surface area contributed by atoms with Gasteiger partial charge in [0.2, 0.25) is 0 Å². The zero-order valence-electron chi connectivity index (χ0n) is 21.9. The number of nitrogens with one attached hydrogen (secondary N) is 1. The number of ether oxygens (including phenoxy) is 4. The van der Waals surface area contributed by atoms with Gasteiger partial charge in [0, 0.05) is 23.0 Å². The lowest BCUT2D eigenvalue weighted by molar-refractivity contribution is -0.0432. The molecule has 4 aromatic rings. The Morgan fingerprint density at radius 1 is 0.821 bits per heavy atom. The Hall–Kier alpha value is -4.43. The maximum atomic E-state index is 12.9. The van der Waals surface area contributed by atoms with E-state index in [2.05, 4.69) is 4.98 Å². The average Bonchev–Trinajstić information content (AvgIpc) is 3.55. The van der Waals surface area contributed by atoms with E-state index in [0.717, 1.165) is 27.7 Å². The van der Waals surface area contributed by atoms with Gasteiger partial charge in [-0.05, 0) is 62.4 Å². The molecule has 0 saturated carbocycles. The highest BCUT2D eigenvalue weighted by Crippen LogP contribution is 2.36. The van der Waals surface area contributed by atoms with Crippen LogP contribution >= 0.6 is 0 Å². The Kier molecular flexibility index (Phi) is 7.47. The smallest absolute Gasteiger partial charge is 0.338 e. The second-order valence-corrected chi connectivity index (χ2v) is 9.69. The molecular formula is C31H29NO7. The monoisotopic (exact) mass is 527 g/mol. The number of rotatable bonds is 7. The molecule has 8 heteroatoms. The van der Waals surface area contributed by atoms with Crippen LogP contribution in [0.4, 0.5) is 0 Å². The number of benzene rings is 3. The molecule has 1 fully saturated rings. The SMILES string of the molecule is COC(=O)c1ccc2[nH]c([C@H]3C[C@H](OC(=O)c4ccc(C)cc4)[C@@H](COC(=O)c4ccc(C)cc4)O3)cc2c1. The fourth-order valence-electron chi connectivity index (χ4n) is 4.59. The summed E-state index contributed by atoms with van der Waals surface area (Å²) in [5.41, 5.74) is 4.95. The Bertz CT molecular complexity index is 1500. The minimum absolute atomic E-state index is 0.0816. The second kappa shape index (κ2) is 11.1. The van der Waals surface area contributed by atoms with E-state index in [0.29, 0.717) is 23.1 Å². The van der Waals surface area contributed by atoms with Gasteiger partial charge in [-0.1, -0.05) is 35.4 Å². The minimum atomic E-state index is -0.671. The summed E-state index contributed by atoms with van der Waals surface area (Å²) in [6.07, 6.45) is -1.40. The first kappa shape index (κ1) is 26.2. The van der Waals surface area contributed by atoms with Crippen molar-refractivity contribution in [1.29, 1.82) is 0 Å². The van der Waals surface area contributed by atoms with Crippen molar-refractivity contribution in [3.05, 3.63) is 106 Å². The maximum absolute atomic E-state index is 12.9. The standard InChI is InChI=1S/C31H29NO7/c1-18-4-8-20(9-5-18)30(34)37-17-28-27(39-31(35)21-10-6-19(2)7-11-21)16-26(38-28)25-15-23-14-22(29(33)36-3)12-13-24(23)32-25/h4-15,26-28,32H,16-17H2,1-3H3/t26-,27+,28-/m1/s1. The van der Waals surface area contributed by atoms with E-state index < -0.39 is 36.2 Å². The van der Waals surface area contributed by atoms with E-state index in [-0.39, 0.29) is 6.61 Å². The summed E-state index contributed by atoms with van der Waals surface area (Å²) < 4.78 is 22.5. The molecule has 8 nitrogen and oxygen atoms in total. The lowest BCUT2D eigenvalue weighted by Crippen LogP contribution is -2.32. The van der Waals surface area contributed by atoms with Gasteiger partial charge in [0.15, 0.2) is 0 Å². The molecule has 39 heavy (non-hydrogen) atoms. The van der Waals surface area contributed by atoms with Crippen LogP contribution in [0.5, 0.6) is 0 Å². The Morgan fingerprint density at radius 2 is 1.44 bits per heavy atom. The van der Waals surface area contributed by atoms with Crippen molar-refractivity contribution >= 4 is 28.8 Å². The molecule has 0 amide bonds. The third-order valence-electron chi connectivity index (χ3n) is 6.82. The molecule has 0 radical (unpaired) electrons. The van der Waals surface area contributed by atoms with E-state index in [4.69, 9.17) is 18.9 Å². The normalized spacial score (nSPS) is 18.6. The number of esters is 3. The molecular weight excluding hydrogens is 498 g/mol. The number of aryl methyl sites for hydroxylation is 2. The average molecular weight is 528 g/mol. The van der Waals surface area contributed by atoms with Crippen molar-refractivity contribution in [1.82, 2.24) is 4.98 Å². The van der Waals surface area contributed by atoms with Crippen molar-refractivity contribution in [3.63, 3.8) is 0 Å². The van der Waals surface area contributed by atoms with Crippen molar-refractivity contribution < 1.29 is 33.3 Å². The molecule has 0 spiro atoms. The predicted octanol–water partition coefficient (Wildman–Crippen LogP) is 5.48. The second-order valence-electron chi connectivity index (χ2n) is 9.69. The number of hydrogen-bond donors (Lipinski definition) is 1. The van der Waals surface area contributed by atoms with Crippen molar-refractivity contribution in [2.24, 2.45) is 0 Å². The third kappa shape index (κ3) is 5.86. The molecule has 2 heterocycles. The molecule has 0 aliphatic carbocycles. The number of aromatic nitrogens is 1. The Balaban J connectivity index is 1.35. The summed E-state index contributed by atoms with van der Waals surface area (Å²) in [7, 11) is 1.34. The Labute approximate surface area is 225 Å². The molecule has 3 aromatic carbocycles. The third-order valence-corrected chi connectivity index (χ3v) is 6.82. The largest absolute Gasteiger partial charge is 0.465 e. The fourth-order valence-corrected chi connectivity index (χ4v) is 4.59. The van der Waals surface area contributed by atoms with Gasteiger partial charge in [0.25, 0.3) is 0 Å². The number of H-pyrrole nitrogens is 1. The zero-order chi connectivity index (χ0) is 27.5. The molecule has 1 aliphatic heterocycles. The molecule has 1 aromatic heterocycles. The molecule has 1 N–H and O–H groups in total. The van der Waals surface area contributed by atoms with Crippen LogP contribution in [0.25, 0.3) is 10.9 Å².